The number of nitrogens with zero attached hydrogens (tertiary/aromatic N) is 2. The smallest absolute Gasteiger partial charge is 0.362 e. The molecule has 0 unspecified atom stereocenters. The van der Waals surface area contributed by atoms with Crippen LogP contribution in [0.25, 0.3) is 0 Å². The molecule has 128 valence electrons. The highest BCUT2D eigenvalue weighted by Gasteiger charge is 2.19. The van der Waals surface area contributed by atoms with Crippen molar-refractivity contribution < 1.29 is 23.5 Å². The minimum atomic E-state index is -0.632. The summed E-state index contributed by atoms with van der Waals surface area (Å²) < 4.78 is 13.4. The number of furan rings is 1. The first kappa shape index (κ1) is 17.6. The first-order valence-corrected chi connectivity index (χ1v) is 8.00. The van der Waals surface area contributed by atoms with Gasteiger partial charge in [-0.1, -0.05) is 4.49 Å². The van der Waals surface area contributed by atoms with Gasteiger partial charge < -0.3 is 19.8 Å². The molecule has 2 aromatic heterocycles. The van der Waals surface area contributed by atoms with Crippen LogP contribution in [0, 0.1) is 0 Å². The minimum absolute atomic E-state index is 0.0127. The summed E-state index contributed by atoms with van der Waals surface area (Å²) in [7, 11) is 0. The van der Waals surface area contributed by atoms with Gasteiger partial charge in [0.15, 0.2) is 10.8 Å². The fourth-order valence-corrected chi connectivity index (χ4v) is 2.31. The number of carbonyl (C=O) groups excluding carboxylic acids is 3. The van der Waals surface area contributed by atoms with E-state index in [1.54, 1.807) is 19.1 Å². The normalized spacial score (nSPS) is 10.2. The molecule has 2 aromatic rings. The van der Waals surface area contributed by atoms with Crippen LogP contribution in [0.5, 0.6) is 0 Å². The molecule has 2 heterocycles. The molecule has 24 heavy (non-hydrogen) atoms. The zero-order valence-electron chi connectivity index (χ0n) is 12.9. The molecule has 2 rings (SSSR count). The molecular formula is C14H16N4O5S. The van der Waals surface area contributed by atoms with E-state index < -0.39 is 5.97 Å². The van der Waals surface area contributed by atoms with E-state index in [1.165, 1.54) is 6.26 Å². The molecule has 0 aliphatic rings. The first-order chi connectivity index (χ1) is 11.6. The van der Waals surface area contributed by atoms with E-state index in [0.29, 0.717) is 13.0 Å². The average Bonchev–Trinajstić information content (AvgIpc) is 3.23. The summed E-state index contributed by atoms with van der Waals surface area (Å²) in [4.78, 5) is 35.1. The lowest BCUT2D eigenvalue weighted by molar-refractivity contribution is -0.116. The number of hydrogen-bond donors (Lipinski definition) is 2. The summed E-state index contributed by atoms with van der Waals surface area (Å²) in [6.07, 6.45) is 2.00. The maximum atomic E-state index is 11.9. The van der Waals surface area contributed by atoms with Crippen LogP contribution >= 0.6 is 11.5 Å². The van der Waals surface area contributed by atoms with Gasteiger partial charge in [0.25, 0.3) is 5.91 Å². The molecule has 10 heteroatoms. The molecular weight excluding hydrogens is 336 g/mol. The van der Waals surface area contributed by atoms with Crippen molar-refractivity contribution in [3.63, 3.8) is 0 Å². The van der Waals surface area contributed by atoms with Gasteiger partial charge in [0.2, 0.25) is 11.6 Å². The number of rotatable bonds is 8. The van der Waals surface area contributed by atoms with Crippen LogP contribution in [0.15, 0.2) is 22.8 Å². The summed E-state index contributed by atoms with van der Waals surface area (Å²) >= 11 is 0.898. The quantitative estimate of drug-likeness (QED) is 0.544. The lowest BCUT2D eigenvalue weighted by atomic mass is 10.3. The number of aromatic nitrogens is 2. The van der Waals surface area contributed by atoms with E-state index in [-0.39, 0.29) is 41.3 Å². The third-order valence-corrected chi connectivity index (χ3v) is 3.46. The predicted octanol–water partition coefficient (Wildman–Crippen LogP) is 1.46. The Labute approximate surface area is 141 Å². The van der Waals surface area contributed by atoms with Gasteiger partial charge in [-0.15, -0.1) is 5.10 Å². The molecule has 0 saturated carbocycles. The van der Waals surface area contributed by atoms with Gasteiger partial charge in [0.05, 0.1) is 12.9 Å². The second-order valence-corrected chi connectivity index (χ2v) is 5.31. The van der Waals surface area contributed by atoms with Crippen LogP contribution < -0.4 is 10.6 Å². The summed E-state index contributed by atoms with van der Waals surface area (Å²) in [5, 5.41) is 9.10. The molecule has 0 aromatic carbocycles. The summed E-state index contributed by atoms with van der Waals surface area (Å²) in [5.74, 6) is -1.06. The first-order valence-electron chi connectivity index (χ1n) is 7.22. The molecule has 9 nitrogen and oxygen atoms in total. The lowest BCUT2D eigenvalue weighted by Gasteiger charge is -2.05. The van der Waals surface area contributed by atoms with E-state index in [0.717, 1.165) is 11.5 Å². The monoisotopic (exact) mass is 352 g/mol. The summed E-state index contributed by atoms with van der Waals surface area (Å²) in [6, 6.07) is 3.17. The van der Waals surface area contributed by atoms with Crippen LogP contribution in [0.1, 0.15) is 40.8 Å². The molecule has 0 spiro atoms. The molecule has 0 atom stereocenters. The predicted molar refractivity (Wildman–Crippen MR) is 84.8 cm³/mol. The second-order valence-electron chi connectivity index (χ2n) is 4.56. The maximum absolute atomic E-state index is 11.9. The van der Waals surface area contributed by atoms with Crippen molar-refractivity contribution in [3.05, 3.63) is 29.9 Å². The van der Waals surface area contributed by atoms with Crippen LogP contribution in [0.4, 0.5) is 5.00 Å². The molecule has 2 N–H and O–H groups in total. The van der Waals surface area contributed by atoms with Crippen molar-refractivity contribution >= 4 is 34.3 Å². The third kappa shape index (κ3) is 4.88. The van der Waals surface area contributed by atoms with Gasteiger partial charge in [-0.3, -0.25) is 9.59 Å². The highest BCUT2D eigenvalue weighted by atomic mass is 32.1. The molecule has 0 aliphatic heterocycles. The number of ether oxygens (including phenoxy) is 1. The van der Waals surface area contributed by atoms with Gasteiger partial charge in [-0.25, -0.2) is 4.79 Å². The SMILES string of the molecule is CCOC(=O)c1nnsc1NC(=O)CCCNC(=O)c1ccco1. The fraction of sp³-hybridized carbons (Fsp3) is 0.357. The molecule has 0 bridgehead atoms. The molecule has 0 aliphatic carbocycles. The summed E-state index contributed by atoms with van der Waals surface area (Å²) in [5.41, 5.74) is -0.0127. The number of carbonyl (C=O) groups is 3. The number of amides is 2. The van der Waals surface area contributed by atoms with Gasteiger partial charge >= 0.3 is 5.97 Å². The van der Waals surface area contributed by atoms with E-state index in [2.05, 4.69) is 20.2 Å². The van der Waals surface area contributed by atoms with Gasteiger partial charge in [-0.2, -0.15) is 0 Å². The van der Waals surface area contributed by atoms with Crippen molar-refractivity contribution in [1.82, 2.24) is 14.9 Å². The number of anilines is 1. The second kappa shape index (κ2) is 8.77. The van der Waals surface area contributed by atoms with Crippen LogP contribution in [-0.4, -0.2) is 40.5 Å². The summed E-state index contributed by atoms with van der Waals surface area (Å²) in [6.45, 7) is 2.20. The highest BCUT2D eigenvalue weighted by molar-refractivity contribution is 7.10. The molecule has 0 fully saturated rings. The Morgan fingerprint density at radius 2 is 2.21 bits per heavy atom. The largest absolute Gasteiger partial charge is 0.461 e. The third-order valence-electron chi connectivity index (χ3n) is 2.82. The maximum Gasteiger partial charge on any atom is 0.362 e. The number of hydrogen-bond acceptors (Lipinski definition) is 8. The van der Waals surface area contributed by atoms with Gasteiger partial charge in [0, 0.05) is 24.5 Å². The standard InChI is InChI=1S/C14H16N4O5S/c1-2-22-14(21)11-13(24-18-17-11)16-10(19)6-3-7-15-12(20)9-5-4-8-23-9/h4-5,8H,2-3,6-7H2,1H3,(H,15,20)(H,16,19). The molecule has 0 saturated heterocycles. The van der Waals surface area contributed by atoms with Crippen molar-refractivity contribution in [3.8, 4) is 0 Å². The minimum Gasteiger partial charge on any atom is -0.461 e. The Balaban J connectivity index is 1.73. The lowest BCUT2D eigenvalue weighted by Crippen LogP contribution is -2.25. The van der Waals surface area contributed by atoms with E-state index in [4.69, 9.17) is 9.15 Å². The van der Waals surface area contributed by atoms with Crippen molar-refractivity contribution in [1.29, 1.82) is 0 Å². The van der Waals surface area contributed by atoms with E-state index >= 15 is 0 Å². The Morgan fingerprint density at radius 1 is 1.38 bits per heavy atom. The Bertz CT molecular complexity index is 698. The Hall–Kier alpha value is -2.75. The number of nitrogens with one attached hydrogen (secondary N) is 2. The Morgan fingerprint density at radius 3 is 2.92 bits per heavy atom. The van der Waals surface area contributed by atoms with Crippen LogP contribution in [0.2, 0.25) is 0 Å². The van der Waals surface area contributed by atoms with E-state index in [9.17, 15) is 14.4 Å². The molecule has 2 amide bonds. The number of esters is 1. The topological polar surface area (TPSA) is 123 Å². The zero-order chi connectivity index (χ0) is 17.4. The van der Waals surface area contributed by atoms with E-state index in [1.807, 2.05) is 0 Å². The Kier molecular flexibility index (Phi) is 6.43. The van der Waals surface area contributed by atoms with Crippen LogP contribution in [-0.2, 0) is 9.53 Å². The molecule has 0 radical (unpaired) electrons. The average molecular weight is 352 g/mol. The fourth-order valence-electron chi connectivity index (χ4n) is 1.74. The zero-order valence-corrected chi connectivity index (χ0v) is 13.7. The van der Waals surface area contributed by atoms with Crippen LogP contribution in [0.3, 0.4) is 0 Å². The highest BCUT2D eigenvalue weighted by Crippen LogP contribution is 2.18. The van der Waals surface area contributed by atoms with Crippen molar-refractivity contribution in [2.45, 2.75) is 19.8 Å². The van der Waals surface area contributed by atoms with Gasteiger partial charge in [0.1, 0.15) is 0 Å². The van der Waals surface area contributed by atoms with Crippen molar-refractivity contribution in [2.24, 2.45) is 0 Å². The van der Waals surface area contributed by atoms with Gasteiger partial charge in [-0.05, 0) is 25.5 Å². The van der Waals surface area contributed by atoms with Crippen molar-refractivity contribution in [2.75, 3.05) is 18.5 Å².